The summed E-state index contributed by atoms with van der Waals surface area (Å²) in [5, 5.41) is 3.43. The van der Waals surface area contributed by atoms with E-state index in [1.807, 2.05) is 45.7 Å². The molecule has 282 valence electrons. The number of aromatic amines is 2. The Hall–Kier alpha value is -5.43. The number of H-pyrrole nitrogens is 2. The number of carbonyl (C=O) groups excluding carboxylic acids is 3. The average molecular weight is 735 g/mol. The third-order valence-electron chi connectivity index (χ3n) is 10.8. The normalized spacial score (nSPS) is 18.9. The minimum absolute atomic E-state index is 0.0506. The van der Waals surface area contributed by atoms with Crippen molar-refractivity contribution in [1.29, 1.82) is 0 Å². The maximum absolute atomic E-state index is 13.6. The number of imidazole rings is 2. The van der Waals surface area contributed by atoms with Crippen LogP contribution in [0, 0.1) is 5.92 Å². The lowest BCUT2D eigenvalue weighted by Gasteiger charge is -2.27. The average Bonchev–Trinajstić information content (AvgIpc) is 3.97. The fraction of sp³-hybridized carbons (Fsp3) is 0.439. The Morgan fingerprint density at radius 2 is 1.70 bits per heavy atom. The molecule has 5 aromatic rings. The summed E-state index contributed by atoms with van der Waals surface area (Å²) in [4.78, 5) is 59.1. The van der Waals surface area contributed by atoms with Gasteiger partial charge in [-0.05, 0) is 92.8 Å². The summed E-state index contributed by atoms with van der Waals surface area (Å²) in [6, 6.07) is 13.8. The second-order valence-electron chi connectivity index (χ2n) is 16.0. The molecule has 13 nitrogen and oxygen atoms in total. The molecule has 4 N–H and O–H groups in total. The third-order valence-corrected chi connectivity index (χ3v) is 10.8. The first-order valence-corrected chi connectivity index (χ1v) is 18.9. The van der Waals surface area contributed by atoms with Gasteiger partial charge in [-0.1, -0.05) is 32.0 Å². The van der Waals surface area contributed by atoms with Gasteiger partial charge in [-0.2, -0.15) is 4.79 Å². The van der Waals surface area contributed by atoms with Crippen LogP contribution < -0.4 is 10.1 Å². The number of ether oxygens (including phenoxy) is 3. The summed E-state index contributed by atoms with van der Waals surface area (Å²) in [7, 11) is 1.33. The minimum Gasteiger partial charge on any atom is -0.488 e. The number of fused-ring (bicyclic) bond motifs is 6. The zero-order valence-corrected chi connectivity index (χ0v) is 31.7. The number of rotatable bonds is 6. The Labute approximate surface area is 313 Å². The zero-order chi connectivity index (χ0) is 37.9. The fourth-order valence-electron chi connectivity index (χ4n) is 8.14. The predicted molar refractivity (Wildman–Crippen MR) is 203 cm³/mol. The van der Waals surface area contributed by atoms with Gasteiger partial charge in [-0.3, -0.25) is 9.69 Å². The van der Waals surface area contributed by atoms with Gasteiger partial charge in [0.05, 0.1) is 42.1 Å². The van der Waals surface area contributed by atoms with Gasteiger partial charge < -0.3 is 29.1 Å². The first kappa shape index (κ1) is 35.6. The lowest BCUT2D eigenvalue weighted by molar-refractivity contribution is -0.601. The highest BCUT2D eigenvalue weighted by Gasteiger charge is 2.40. The molecule has 2 aromatic heterocycles. The number of methoxy groups -OCH3 is 1. The number of nitrogens with one attached hydrogen (secondary N) is 2. The molecule has 8 rings (SSSR count). The molecule has 2 fully saturated rings. The molecular weight excluding hydrogens is 686 g/mol. The van der Waals surface area contributed by atoms with Gasteiger partial charge in [0.2, 0.25) is 0 Å². The van der Waals surface area contributed by atoms with Crippen molar-refractivity contribution in [3.05, 3.63) is 65.9 Å². The monoisotopic (exact) mass is 734 g/mol. The van der Waals surface area contributed by atoms with E-state index in [-0.39, 0.29) is 30.0 Å². The Kier molecular flexibility index (Phi) is 9.07. The predicted octanol–water partition coefficient (Wildman–Crippen LogP) is 6.76. The first-order valence-electron chi connectivity index (χ1n) is 18.9. The van der Waals surface area contributed by atoms with Crippen LogP contribution >= 0.6 is 0 Å². The standard InChI is InChI=1S/C41H47N7O6/c1-22(2)34(46-39(50)52-6)38(49)47-15-7-9-31(47)36-42-20-30(44-36)24-11-13-26-25(17-24)21-53-33-19-27-23(18-28(26)33)12-14-29-35(27)45-37(43-29)32-10-8-16-48(32)40(51)54-41(3,4)5/h11-14,17-20,22,31-32,34H,7-10,15-16,21H2,1-6H3,(H,42,44)(H,43,45)(H,46,50)/p+1/t31-,32-,34-/m0/s1. The molecule has 5 heterocycles. The van der Waals surface area contributed by atoms with Crippen LogP contribution in [0.25, 0.3) is 44.2 Å². The molecule has 3 aliphatic heterocycles. The van der Waals surface area contributed by atoms with Crippen LogP contribution in [0.15, 0.2) is 48.7 Å². The van der Waals surface area contributed by atoms with E-state index in [0.29, 0.717) is 19.7 Å². The van der Waals surface area contributed by atoms with Crippen LogP contribution in [0.3, 0.4) is 0 Å². The highest BCUT2D eigenvalue weighted by Crippen LogP contribution is 2.43. The Morgan fingerprint density at radius 3 is 2.44 bits per heavy atom. The van der Waals surface area contributed by atoms with E-state index in [2.05, 4.69) is 52.4 Å². The van der Waals surface area contributed by atoms with E-state index in [4.69, 9.17) is 24.2 Å². The number of benzene rings is 3. The maximum Gasteiger partial charge on any atom is 0.513 e. The van der Waals surface area contributed by atoms with Crippen molar-refractivity contribution in [1.82, 2.24) is 29.7 Å². The molecule has 13 heteroatoms. The molecule has 0 radical (unpaired) electrons. The SMILES string of the molecule is COC(=O)[NH2+][C@H](C(=O)N1CCC[C@H]1c1ncc(-c2ccc3c(c2)COc2cc4c(ccc5[nH]c([C@@H]6CCCN6C(=O)OC(C)(C)C)nc54)cc2-3)[nH]1)C(C)C. The summed E-state index contributed by atoms with van der Waals surface area (Å²) in [5.41, 5.74) is 6.24. The molecular formula is C41H48N7O6+. The molecule has 0 bridgehead atoms. The van der Waals surface area contributed by atoms with Crippen molar-refractivity contribution >= 4 is 39.9 Å². The van der Waals surface area contributed by atoms with Crippen LogP contribution in [0.5, 0.6) is 5.75 Å². The van der Waals surface area contributed by atoms with Gasteiger partial charge in [0.1, 0.15) is 29.6 Å². The minimum atomic E-state index is -0.567. The molecule has 54 heavy (non-hydrogen) atoms. The number of hydrogen-bond donors (Lipinski definition) is 3. The Morgan fingerprint density at radius 1 is 0.944 bits per heavy atom. The maximum atomic E-state index is 13.6. The van der Waals surface area contributed by atoms with Gasteiger partial charge in [0.25, 0.3) is 5.91 Å². The zero-order valence-electron chi connectivity index (χ0n) is 31.7. The smallest absolute Gasteiger partial charge is 0.488 e. The molecule has 3 amide bonds. The number of likely N-dealkylation sites (tertiary alicyclic amines) is 2. The molecule has 0 saturated carbocycles. The Balaban J connectivity index is 1.04. The Bertz CT molecular complexity index is 2270. The van der Waals surface area contributed by atoms with Crippen molar-refractivity contribution in [3.63, 3.8) is 0 Å². The summed E-state index contributed by atoms with van der Waals surface area (Å²) < 4.78 is 16.9. The van der Waals surface area contributed by atoms with E-state index < -0.39 is 17.7 Å². The lowest BCUT2D eigenvalue weighted by atomic mass is 9.92. The van der Waals surface area contributed by atoms with E-state index in [0.717, 1.165) is 92.8 Å². The molecule has 0 aliphatic carbocycles. The summed E-state index contributed by atoms with van der Waals surface area (Å²) in [5.74, 6) is 2.17. The van der Waals surface area contributed by atoms with Crippen molar-refractivity contribution < 1.29 is 33.9 Å². The van der Waals surface area contributed by atoms with E-state index in [1.165, 1.54) is 12.4 Å². The lowest BCUT2D eigenvalue weighted by Crippen LogP contribution is -2.96. The van der Waals surface area contributed by atoms with Crippen LogP contribution in [0.4, 0.5) is 9.59 Å². The molecule has 3 aromatic carbocycles. The number of amides is 3. The quantitative estimate of drug-likeness (QED) is 0.173. The summed E-state index contributed by atoms with van der Waals surface area (Å²) in [6.07, 6.45) is 4.38. The summed E-state index contributed by atoms with van der Waals surface area (Å²) >= 11 is 0. The first-order chi connectivity index (χ1) is 25.9. The third kappa shape index (κ3) is 6.54. The summed E-state index contributed by atoms with van der Waals surface area (Å²) in [6.45, 7) is 11.2. The van der Waals surface area contributed by atoms with E-state index in [1.54, 1.807) is 4.90 Å². The van der Waals surface area contributed by atoms with Crippen LogP contribution in [0.1, 0.15) is 89.6 Å². The largest absolute Gasteiger partial charge is 0.513 e. The van der Waals surface area contributed by atoms with Gasteiger partial charge in [-0.15, -0.1) is 0 Å². The topological polar surface area (TPSA) is 159 Å². The molecule has 0 unspecified atom stereocenters. The molecule has 0 spiro atoms. The number of aromatic nitrogens is 4. The van der Waals surface area contributed by atoms with E-state index in [9.17, 15) is 14.4 Å². The number of hydrogen-bond acceptors (Lipinski definition) is 8. The number of primary amides is 1. The van der Waals surface area contributed by atoms with Crippen molar-refractivity contribution in [2.45, 2.75) is 90.6 Å². The van der Waals surface area contributed by atoms with Crippen molar-refractivity contribution in [2.24, 2.45) is 5.92 Å². The van der Waals surface area contributed by atoms with Gasteiger partial charge in [-0.25, -0.2) is 20.1 Å². The molecule has 3 atom stereocenters. The number of nitrogens with zero attached hydrogens (tertiary/aromatic N) is 4. The van der Waals surface area contributed by atoms with Crippen LogP contribution in [-0.2, 0) is 20.9 Å². The van der Waals surface area contributed by atoms with Crippen molar-refractivity contribution in [2.75, 3.05) is 20.2 Å². The van der Waals surface area contributed by atoms with Crippen LogP contribution in [-0.4, -0.2) is 79.7 Å². The number of quaternary nitrogens is 1. The van der Waals surface area contributed by atoms with Gasteiger partial charge in [0.15, 0.2) is 6.04 Å². The fourth-order valence-corrected chi connectivity index (χ4v) is 8.14. The van der Waals surface area contributed by atoms with Gasteiger partial charge in [0, 0.05) is 30.0 Å². The second-order valence-corrected chi connectivity index (χ2v) is 16.0. The number of nitrogens with two attached hydrogens (primary N) is 1. The molecule has 2 saturated heterocycles. The number of carbonyl (C=O) groups is 3. The highest BCUT2D eigenvalue weighted by atomic mass is 16.6. The van der Waals surface area contributed by atoms with Crippen molar-refractivity contribution in [3.8, 4) is 28.1 Å². The van der Waals surface area contributed by atoms with Gasteiger partial charge >= 0.3 is 12.2 Å². The highest BCUT2D eigenvalue weighted by molar-refractivity contribution is 6.07. The van der Waals surface area contributed by atoms with Crippen LogP contribution in [0.2, 0.25) is 0 Å². The molecule has 3 aliphatic rings. The second kappa shape index (κ2) is 13.8. The van der Waals surface area contributed by atoms with E-state index >= 15 is 0 Å².